The van der Waals surface area contributed by atoms with Crippen molar-refractivity contribution in [1.82, 2.24) is 9.55 Å². The first kappa shape index (κ1) is 13.4. The Hall–Kier alpha value is -3.26. The van der Waals surface area contributed by atoms with Gasteiger partial charge in [-0.1, -0.05) is 42.0 Å². The van der Waals surface area contributed by atoms with Gasteiger partial charge >= 0.3 is 0 Å². The minimum Gasteiger partial charge on any atom is -0.384 e. The summed E-state index contributed by atoms with van der Waals surface area (Å²) in [6.45, 7) is 2.04. The third-order valence-corrected chi connectivity index (χ3v) is 4.18. The fourth-order valence-corrected chi connectivity index (χ4v) is 3.04. The molecule has 3 N–H and O–H groups in total. The van der Waals surface area contributed by atoms with Crippen LogP contribution in [-0.2, 0) is 0 Å². The maximum absolute atomic E-state index is 9.62. The quantitative estimate of drug-likeness (QED) is 0.724. The van der Waals surface area contributed by atoms with Crippen molar-refractivity contribution in [2.24, 2.45) is 5.73 Å². The Morgan fingerprint density at radius 2 is 1.91 bits per heavy atom. The number of allylic oxidation sites excluding steroid dienone is 1. The number of rotatable bonds is 1. The molecule has 0 spiro atoms. The van der Waals surface area contributed by atoms with Gasteiger partial charge in [0.1, 0.15) is 17.9 Å². The standard InChI is InChI=1S/C18H15N5/c1-11-6-8-12(9-7-11)16-13(10-19)17(20)22-18-21-14-4-2-3-5-15(14)23(16)18/h2-9,16H,20H2,1H3,(H,21,22). The van der Waals surface area contributed by atoms with Crippen LogP contribution >= 0.6 is 0 Å². The van der Waals surface area contributed by atoms with Crippen molar-refractivity contribution in [2.75, 3.05) is 5.32 Å². The lowest BCUT2D eigenvalue weighted by Gasteiger charge is -2.27. The summed E-state index contributed by atoms with van der Waals surface area (Å²) in [5.74, 6) is 1.02. The molecule has 23 heavy (non-hydrogen) atoms. The third kappa shape index (κ3) is 1.96. The molecule has 2 aromatic carbocycles. The van der Waals surface area contributed by atoms with Crippen LogP contribution in [0.4, 0.5) is 5.95 Å². The third-order valence-electron chi connectivity index (χ3n) is 4.18. The molecule has 0 radical (unpaired) electrons. The number of aryl methyl sites for hydroxylation is 1. The van der Waals surface area contributed by atoms with Gasteiger partial charge in [0.15, 0.2) is 0 Å². The Morgan fingerprint density at radius 1 is 1.17 bits per heavy atom. The SMILES string of the molecule is Cc1ccc(C2C(C#N)=C(N)Nc3nc4ccccc4n32)cc1. The van der Waals surface area contributed by atoms with Gasteiger partial charge in [-0.05, 0) is 24.6 Å². The van der Waals surface area contributed by atoms with E-state index in [1.165, 1.54) is 5.56 Å². The summed E-state index contributed by atoms with van der Waals surface area (Å²) in [5, 5.41) is 12.7. The molecule has 2 heterocycles. The lowest BCUT2D eigenvalue weighted by molar-refractivity contribution is 0.680. The number of nitrogens with zero attached hydrogens (tertiary/aromatic N) is 3. The van der Waals surface area contributed by atoms with E-state index in [1.807, 2.05) is 60.0 Å². The first-order valence-corrected chi connectivity index (χ1v) is 7.39. The van der Waals surface area contributed by atoms with Crippen LogP contribution in [0.2, 0.25) is 0 Å². The molecule has 1 aliphatic rings. The summed E-state index contributed by atoms with van der Waals surface area (Å²) in [6.07, 6.45) is 0. The van der Waals surface area contributed by atoms with Crippen molar-refractivity contribution in [3.8, 4) is 6.07 Å². The van der Waals surface area contributed by atoms with Crippen LogP contribution < -0.4 is 11.1 Å². The molecule has 0 aliphatic carbocycles. The smallest absolute Gasteiger partial charge is 0.210 e. The highest BCUT2D eigenvalue weighted by Gasteiger charge is 2.30. The fraction of sp³-hybridized carbons (Fsp3) is 0.111. The second-order valence-corrected chi connectivity index (χ2v) is 5.67. The first-order chi connectivity index (χ1) is 11.2. The monoisotopic (exact) mass is 301 g/mol. The zero-order chi connectivity index (χ0) is 16.0. The number of aromatic nitrogens is 2. The zero-order valence-electron chi connectivity index (χ0n) is 12.6. The first-order valence-electron chi connectivity index (χ1n) is 7.39. The molecule has 0 amide bonds. The molecule has 1 unspecified atom stereocenters. The molecule has 5 heteroatoms. The van der Waals surface area contributed by atoms with Gasteiger partial charge in [0.05, 0.1) is 16.6 Å². The van der Waals surface area contributed by atoms with Crippen molar-refractivity contribution in [2.45, 2.75) is 13.0 Å². The molecule has 0 bridgehead atoms. The lowest BCUT2D eigenvalue weighted by atomic mass is 9.96. The van der Waals surface area contributed by atoms with Gasteiger partial charge in [-0.3, -0.25) is 4.57 Å². The van der Waals surface area contributed by atoms with E-state index >= 15 is 0 Å². The highest BCUT2D eigenvalue weighted by molar-refractivity contribution is 5.80. The number of fused-ring (bicyclic) bond motifs is 3. The van der Waals surface area contributed by atoms with Gasteiger partial charge in [0, 0.05) is 0 Å². The van der Waals surface area contributed by atoms with Crippen LogP contribution in [0.15, 0.2) is 59.9 Å². The van der Waals surface area contributed by atoms with Crippen molar-refractivity contribution in [1.29, 1.82) is 5.26 Å². The summed E-state index contributed by atoms with van der Waals surface area (Å²) in [4.78, 5) is 4.59. The van der Waals surface area contributed by atoms with E-state index in [4.69, 9.17) is 5.73 Å². The summed E-state index contributed by atoms with van der Waals surface area (Å²) in [6, 6.07) is 18.0. The van der Waals surface area contributed by atoms with E-state index in [0.29, 0.717) is 17.3 Å². The van der Waals surface area contributed by atoms with Crippen LogP contribution in [0.3, 0.4) is 0 Å². The van der Waals surface area contributed by atoms with Crippen molar-refractivity contribution >= 4 is 17.0 Å². The van der Waals surface area contributed by atoms with E-state index in [9.17, 15) is 5.26 Å². The van der Waals surface area contributed by atoms with Crippen LogP contribution in [0.5, 0.6) is 0 Å². The van der Waals surface area contributed by atoms with E-state index in [0.717, 1.165) is 16.6 Å². The Morgan fingerprint density at radius 3 is 2.65 bits per heavy atom. The Balaban J connectivity index is 2.02. The van der Waals surface area contributed by atoms with Gasteiger partial charge < -0.3 is 11.1 Å². The Labute approximate surface area is 133 Å². The van der Waals surface area contributed by atoms with Gasteiger partial charge in [-0.2, -0.15) is 5.26 Å². The minimum absolute atomic E-state index is 0.274. The number of benzene rings is 2. The van der Waals surface area contributed by atoms with Crippen molar-refractivity contribution in [3.63, 3.8) is 0 Å². The molecular weight excluding hydrogens is 286 g/mol. The lowest BCUT2D eigenvalue weighted by Crippen LogP contribution is -2.27. The maximum Gasteiger partial charge on any atom is 0.210 e. The number of para-hydroxylation sites is 2. The predicted octanol–water partition coefficient (Wildman–Crippen LogP) is 3.05. The molecule has 5 nitrogen and oxygen atoms in total. The topological polar surface area (TPSA) is 79.7 Å². The number of nitrogens with two attached hydrogens (primary N) is 1. The van der Waals surface area contributed by atoms with Crippen LogP contribution in [-0.4, -0.2) is 9.55 Å². The summed E-state index contributed by atoms with van der Waals surface area (Å²) >= 11 is 0. The molecule has 1 aliphatic heterocycles. The van der Waals surface area contributed by atoms with Gasteiger partial charge in [0.2, 0.25) is 5.95 Å². The Bertz CT molecular complexity index is 973. The van der Waals surface area contributed by atoms with Crippen molar-refractivity contribution in [3.05, 3.63) is 71.1 Å². The highest BCUT2D eigenvalue weighted by atomic mass is 15.3. The molecule has 0 saturated heterocycles. The molecule has 0 fully saturated rings. The molecule has 3 aromatic rings. The Kier molecular flexibility index (Phi) is 2.85. The van der Waals surface area contributed by atoms with Gasteiger partial charge in [-0.15, -0.1) is 0 Å². The average molecular weight is 301 g/mol. The van der Waals surface area contributed by atoms with Crippen molar-refractivity contribution < 1.29 is 0 Å². The number of nitriles is 1. The number of imidazole rings is 1. The molecule has 112 valence electrons. The van der Waals surface area contributed by atoms with Crippen LogP contribution in [0.25, 0.3) is 11.0 Å². The molecule has 4 rings (SSSR count). The molecule has 0 saturated carbocycles. The zero-order valence-corrected chi connectivity index (χ0v) is 12.6. The van der Waals surface area contributed by atoms with E-state index in [2.05, 4.69) is 16.4 Å². The van der Waals surface area contributed by atoms with Crippen LogP contribution in [0.1, 0.15) is 17.2 Å². The molecule has 1 atom stereocenters. The minimum atomic E-state index is -0.274. The van der Waals surface area contributed by atoms with Gasteiger partial charge in [0.25, 0.3) is 0 Å². The van der Waals surface area contributed by atoms with E-state index < -0.39 is 0 Å². The van der Waals surface area contributed by atoms with E-state index in [-0.39, 0.29) is 6.04 Å². The number of anilines is 1. The average Bonchev–Trinajstić information content (AvgIpc) is 2.92. The fourth-order valence-electron chi connectivity index (χ4n) is 3.04. The maximum atomic E-state index is 9.62. The number of hydrogen-bond donors (Lipinski definition) is 2. The van der Waals surface area contributed by atoms with Gasteiger partial charge in [-0.25, -0.2) is 4.98 Å². The second-order valence-electron chi connectivity index (χ2n) is 5.67. The second kappa shape index (κ2) is 4.89. The van der Waals surface area contributed by atoms with E-state index in [1.54, 1.807) is 0 Å². The largest absolute Gasteiger partial charge is 0.384 e. The summed E-state index contributed by atoms with van der Waals surface area (Å²) in [7, 11) is 0. The molecule has 1 aromatic heterocycles. The number of hydrogen-bond acceptors (Lipinski definition) is 4. The van der Waals surface area contributed by atoms with Crippen LogP contribution in [0, 0.1) is 18.3 Å². The normalized spacial score (nSPS) is 16.8. The molecular formula is C18H15N5. The highest BCUT2D eigenvalue weighted by Crippen LogP contribution is 2.37. The summed E-state index contributed by atoms with van der Waals surface area (Å²) < 4.78 is 2.04. The predicted molar refractivity (Wildman–Crippen MR) is 89.5 cm³/mol. The summed E-state index contributed by atoms with van der Waals surface area (Å²) in [5.41, 5.74) is 10.6. The number of nitrogens with one attached hydrogen (secondary N) is 1.